The molecule has 0 saturated carbocycles. The van der Waals surface area contributed by atoms with Gasteiger partial charge in [-0.25, -0.2) is 4.98 Å². The first-order valence-electron chi connectivity index (χ1n) is 3.77. The van der Waals surface area contributed by atoms with E-state index in [9.17, 15) is 0 Å². The van der Waals surface area contributed by atoms with Crippen LogP contribution in [0.25, 0.3) is 11.0 Å². The van der Waals surface area contributed by atoms with E-state index < -0.39 is 0 Å². The number of fused-ring (bicyclic) bond motifs is 1. The van der Waals surface area contributed by atoms with E-state index >= 15 is 0 Å². The Kier molecular flexibility index (Phi) is 2.10. The third kappa shape index (κ3) is 1.37. The van der Waals surface area contributed by atoms with Gasteiger partial charge < -0.3 is 4.74 Å². The molecule has 0 fully saturated rings. The first-order valence-corrected chi connectivity index (χ1v) is 4.85. The summed E-state index contributed by atoms with van der Waals surface area (Å²) in [5.74, 6) is 0.659. The molecule has 2 aromatic rings. The summed E-state index contributed by atoms with van der Waals surface area (Å²) in [6, 6.07) is 1.96. The Labute approximate surface area is 88.8 Å². The third-order valence-electron chi connectivity index (χ3n) is 1.82. The lowest BCUT2D eigenvalue weighted by atomic mass is 10.3. The van der Waals surface area contributed by atoms with Crippen molar-refractivity contribution >= 4 is 33.6 Å². The maximum Gasteiger partial charge on any atom is 0.216 e. The van der Waals surface area contributed by atoms with Gasteiger partial charge in [-0.15, -0.1) is 0 Å². The fourth-order valence-corrected chi connectivity index (χ4v) is 1.72. The van der Waals surface area contributed by atoms with Gasteiger partial charge in [0.25, 0.3) is 0 Å². The molecule has 0 spiro atoms. The van der Waals surface area contributed by atoms with Crippen molar-refractivity contribution < 1.29 is 4.74 Å². The Hall–Kier alpha value is -0.850. The average molecular weight is 289 g/mol. The Morgan fingerprint density at radius 2 is 2.31 bits per heavy atom. The molecule has 0 aromatic carbocycles. The molecule has 0 saturated heterocycles. The minimum Gasteiger partial charge on any atom is -0.481 e. The van der Waals surface area contributed by atoms with E-state index in [1.807, 2.05) is 13.0 Å². The zero-order valence-corrected chi connectivity index (χ0v) is 9.42. The summed E-state index contributed by atoms with van der Waals surface area (Å²) in [6.45, 7) is 1.95. The van der Waals surface area contributed by atoms with Gasteiger partial charge in [-0.05, 0) is 35.6 Å². The van der Waals surface area contributed by atoms with Crippen molar-refractivity contribution in [3.8, 4) is 5.88 Å². The number of methoxy groups -OCH3 is 1. The number of aryl methyl sites for hydroxylation is 1. The summed E-state index contributed by atoms with van der Waals surface area (Å²) >= 11 is 2.16. The second-order valence-corrected chi connectivity index (χ2v) is 3.80. The van der Waals surface area contributed by atoms with Gasteiger partial charge in [0.05, 0.1) is 7.11 Å². The number of H-pyrrole nitrogens is 1. The molecule has 13 heavy (non-hydrogen) atoms. The van der Waals surface area contributed by atoms with Gasteiger partial charge in [0.15, 0.2) is 0 Å². The van der Waals surface area contributed by atoms with Gasteiger partial charge in [0.2, 0.25) is 5.88 Å². The molecule has 0 unspecified atom stereocenters. The van der Waals surface area contributed by atoms with Crippen LogP contribution in [0, 0.1) is 10.6 Å². The lowest BCUT2D eigenvalue weighted by Gasteiger charge is -2.01. The SMILES string of the molecule is COc1nc2c(I)[nH]nc2cc1C. The topological polar surface area (TPSA) is 50.8 Å². The number of nitrogens with zero attached hydrogens (tertiary/aromatic N) is 2. The van der Waals surface area contributed by atoms with Crippen LogP contribution in [0.5, 0.6) is 5.88 Å². The van der Waals surface area contributed by atoms with Gasteiger partial charge in [-0.3, -0.25) is 5.10 Å². The van der Waals surface area contributed by atoms with Crippen LogP contribution >= 0.6 is 22.6 Å². The number of aromatic amines is 1. The number of nitrogens with one attached hydrogen (secondary N) is 1. The van der Waals surface area contributed by atoms with E-state index in [1.54, 1.807) is 7.11 Å². The number of hydrogen-bond acceptors (Lipinski definition) is 3. The van der Waals surface area contributed by atoms with E-state index in [0.717, 1.165) is 20.3 Å². The van der Waals surface area contributed by atoms with Gasteiger partial charge in [0.1, 0.15) is 14.7 Å². The zero-order chi connectivity index (χ0) is 9.42. The van der Waals surface area contributed by atoms with Crippen LogP contribution in [0.4, 0.5) is 0 Å². The lowest BCUT2D eigenvalue weighted by molar-refractivity contribution is 0.396. The molecule has 1 N–H and O–H groups in total. The van der Waals surface area contributed by atoms with Crippen molar-refractivity contribution in [3.63, 3.8) is 0 Å². The lowest BCUT2D eigenvalue weighted by Crippen LogP contribution is -1.91. The van der Waals surface area contributed by atoms with Crippen LogP contribution in [-0.2, 0) is 0 Å². The summed E-state index contributed by atoms with van der Waals surface area (Å²) < 4.78 is 6.06. The standard InChI is InChI=1S/C8H8IN3O/c1-4-3-5-6(7(9)12-11-5)10-8(4)13-2/h3H,1-2H3,(H,11,12). The van der Waals surface area contributed by atoms with Gasteiger partial charge in [0, 0.05) is 5.56 Å². The highest BCUT2D eigenvalue weighted by Crippen LogP contribution is 2.22. The molecule has 4 nitrogen and oxygen atoms in total. The highest BCUT2D eigenvalue weighted by Gasteiger charge is 2.08. The van der Waals surface area contributed by atoms with Crippen molar-refractivity contribution in [2.24, 2.45) is 0 Å². The largest absolute Gasteiger partial charge is 0.481 e. The highest BCUT2D eigenvalue weighted by molar-refractivity contribution is 14.1. The number of hydrogen-bond donors (Lipinski definition) is 1. The molecular weight excluding hydrogens is 281 g/mol. The highest BCUT2D eigenvalue weighted by atomic mass is 127. The first kappa shape index (κ1) is 8.74. The van der Waals surface area contributed by atoms with Crippen molar-refractivity contribution in [1.29, 1.82) is 0 Å². The van der Waals surface area contributed by atoms with Gasteiger partial charge >= 0.3 is 0 Å². The van der Waals surface area contributed by atoms with Crippen LogP contribution < -0.4 is 4.74 Å². The van der Waals surface area contributed by atoms with E-state index in [0.29, 0.717) is 5.88 Å². The quantitative estimate of drug-likeness (QED) is 0.815. The van der Waals surface area contributed by atoms with Crippen LogP contribution in [-0.4, -0.2) is 22.3 Å². The molecule has 2 aromatic heterocycles. The fourth-order valence-electron chi connectivity index (χ4n) is 1.20. The van der Waals surface area contributed by atoms with E-state index in [4.69, 9.17) is 4.74 Å². The zero-order valence-electron chi connectivity index (χ0n) is 7.26. The van der Waals surface area contributed by atoms with Crippen molar-refractivity contribution in [3.05, 3.63) is 15.3 Å². The molecule has 0 aliphatic carbocycles. The maximum absolute atomic E-state index is 5.12. The molecule has 0 amide bonds. The Morgan fingerprint density at radius 1 is 1.54 bits per heavy atom. The molecule has 0 radical (unpaired) electrons. The molecule has 2 heterocycles. The maximum atomic E-state index is 5.12. The van der Waals surface area contributed by atoms with Crippen molar-refractivity contribution in [2.75, 3.05) is 7.11 Å². The molecule has 5 heteroatoms. The van der Waals surface area contributed by atoms with E-state index in [1.165, 1.54) is 0 Å². The predicted octanol–water partition coefficient (Wildman–Crippen LogP) is 1.88. The van der Waals surface area contributed by atoms with Crippen LogP contribution in [0.2, 0.25) is 0 Å². The number of aromatic nitrogens is 3. The number of rotatable bonds is 1. The summed E-state index contributed by atoms with van der Waals surface area (Å²) in [4.78, 5) is 4.33. The monoisotopic (exact) mass is 289 g/mol. The summed E-state index contributed by atoms with van der Waals surface area (Å²) in [7, 11) is 1.62. The molecule has 68 valence electrons. The van der Waals surface area contributed by atoms with Crippen LogP contribution in [0.3, 0.4) is 0 Å². The second kappa shape index (κ2) is 3.13. The minimum absolute atomic E-state index is 0.659. The first-order chi connectivity index (χ1) is 6.22. The van der Waals surface area contributed by atoms with Gasteiger partial charge in [-0.1, -0.05) is 0 Å². The summed E-state index contributed by atoms with van der Waals surface area (Å²) in [5, 5.41) is 6.98. The normalized spacial score (nSPS) is 10.7. The van der Waals surface area contributed by atoms with Gasteiger partial charge in [-0.2, -0.15) is 5.10 Å². The summed E-state index contributed by atoms with van der Waals surface area (Å²) in [6.07, 6.45) is 0. The number of halogens is 1. The van der Waals surface area contributed by atoms with E-state index in [2.05, 4.69) is 37.8 Å². The fraction of sp³-hybridized carbons (Fsp3) is 0.250. The van der Waals surface area contributed by atoms with Crippen molar-refractivity contribution in [1.82, 2.24) is 15.2 Å². The average Bonchev–Trinajstić information content (AvgIpc) is 2.46. The number of pyridine rings is 1. The molecule has 2 rings (SSSR count). The molecule has 0 aliphatic heterocycles. The predicted molar refractivity (Wildman–Crippen MR) is 57.9 cm³/mol. The summed E-state index contributed by atoms with van der Waals surface area (Å²) in [5.41, 5.74) is 2.74. The Morgan fingerprint density at radius 3 is 3.00 bits per heavy atom. The van der Waals surface area contributed by atoms with Crippen molar-refractivity contribution in [2.45, 2.75) is 6.92 Å². The minimum atomic E-state index is 0.659. The molecule has 0 aliphatic rings. The second-order valence-electron chi connectivity index (χ2n) is 2.72. The van der Waals surface area contributed by atoms with Crippen LogP contribution in [0.15, 0.2) is 6.07 Å². The smallest absolute Gasteiger partial charge is 0.216 e. The Bertz CT molecular complexity index is 452. The molecular formula is C8H8IN3O. The van der Waals surface area contributed by atoms with E-state index in [-0.39, 0.29) is 0 Å². The third-order valence-corrected chi connectivity index (χ3v) is 2.57. The Balaban J connectivity index is 2.77. The molecule has 0 atom stereocenters. The molecule has 0 bridgehead atoms. The van der Waals surface area contributed by atoms with Crippen LogP contribution in [0.1, 0.15) is 5.56 Å². The number of ether oxygens (including phenoxy) is 1.